The number of benzene rings is 1. The zero-order valence-electron chi connectivity index (χ0n) is 14.3. The van der Waals surface area contributed by atoms with Crippen LogP contribution in [0, 0.1) is 0 Å². The molecule has 2 rings (SSSR count). The highest BCUT2D eigenvalue weighted by Gasteiger charge is 2.27. The molecule has 1 aliphatic rings. The molecule has 1 amide bonds. The average molecular weight is 353 g/mol. The van der Waals surface area contributed by atoms with Crippen molar-refractivity contribution in [2.75, 3.05) is 26.7 Å². The summed E-state index contributed by atoms with van der Waals surface area (Å²) in [6.45, 7) is 2.18. The number of rotatable bonds is 8. The third-order valence-corrected chi connectivity index (χ3v) is 6.21. The largest absolute Gasteiger partial charge is 0.352 e. The van der Waals surface area contributed by atoms with Crippen LogP contribution < -0.4 is 10.6 Å². The fourth-order valence-corrected chi connectivity index (χ4v) is 4.59. The van der Waals surface area contributed by atoms with Gasteiger partial charge in [0.25, 0.3) is 0 Å². The molecule has 1 fully saturated rings. The fourth-order valence-electron chi connectivity index (χ4n) is 2.85. The van der Waals surface area contributed by atoms with E-state index >= 15 is 0 Å². The van der Waals surface area contributed by atoms with E-state index in [9.17, 15) is 13.2 Å². The molecule has 7 heteroatoms. The summed E-state index contributed by atoms with van der Waals surface area (Å²) < 4.78 is 27.3. The first-order chi connectivity index (χ1) is 11.6. The van der Waals surface area contributed by atoms with E-state index in [4.69, 9.17) is 0 Å². The van der Waals surface area contributed by atoms with Gasteiger partial charge in [-0.25, -0.2) is 8.42 Å². The third-order valence-electron chi connectivity index (χ3n) is 4.21. The number of amides is 1. The number of nitrogens with zero attached hydrogens (tertiary/aromatic N) is 1. The maximum absolute atomic E-state index is 12.9. The maximum Gasteiger partial charge on any atom is 0.243 e. The highest BCUT2D eigenvalue weighted by molar-refractivity contribution is 7.89. The van der Waals surface area contributed by atoms with Gasteiger partial charge in [0, 0.05) is 26.1 Å². The Labute approximate surface area is 144 Å². The van der Waals surface area contributed by atoms with Crippen LogP contribution in [0.1, 0.15) is 37.7 Å². The lowest BCUT2D eigenvalue weighted by molar-refractivity contribution is -0.121. The van der Waals surface area contributed by atoms with Crippen LogP contribution in [0.5, 0.6) is 0 Å². The Morgan fingerprint density at radius 1 is 1.17 bits per heavy atom. The number of sulfonamides is 1. The minimum absolute atomic E-state index is 0.0598. The van der Waals surface area contributed by atoms with Gasteiger partial charge in [-0.15, -0.1) is 0 Å². The minimum Gasteiger partial charge on any atom is -0.352 e. The molecular weight excluding hydrogens is 326 g/mol. The lowest BCUT2D eigenvalue weighted by atomic mass is 10.2. The molecule has 134 valence electrons. The molecule has 0 unspecified atom stereocenters. The molecule has 0 aromatic heterocycles. The van der Waals surface area contributed by atoms with Crippen molar-refractivity contribution in [1.82, 2.24) is 14.9 Å². The molecule has 0 atom stereocenters. The second-order valence-electron chi connectivity index (χ2n) is 6.06. The minimum atomic E-state index is -3.49. The van der Waals surface area contributed by atoms with E-state index in [2.05, 4.69) is 10.6 Å². The number of hydrogen-bond acceptors (Lipinski definition) is 4. The van der Waals surface area contributed by atoms with Crippen molar-refractivity contribution in [3.8, 4) is 0 Å². The number of carbonyl (C=O) groups excluding carboxylic acids is 1. The molecule has 2 N–H and O–H groups in total. The van der Waals surface area contributed by atoms with Crippen LogP contribution in [0.4, 0.5) is 0 Å². The van der Waals surface area contributed by atoms with Gasteiger partial charge in [0.15, 0.2) is 0 Å². The fraction of sp³-hybridized carbons (Fsp3) is 0.588. The molecule has 0 aliphatic carbocycles. The van der Waals surface area contributed by atoms with Gasteiger partial charge >= 0.3 is 0 Å². The van der Waals surface area contributed by atoms with E-state index in [1.165, 1.54) is 0 Å². The van der Waals surface area contributed by atoms with Crippen LogP contribution >= 0.6 is 0 Å². The lowest BCUT2D eigenvalue weighted by Gasteiger charge is -2.26. The quantitative estimate of drug-likeness (QED) is 0.694. The highest BCUT2D eigenvalue weighted by Crippen LogP contribution is 2.23. The number of hydrogen-bond donors (Lipinski definition) is 2. The number of carbonyl (C=O) groups is 1. The van der Waals surface area contributed by atoms with Gasteiger partial charge in [-0.1, -0.05) is 24.6 Å². The van der Waals surface area contributed by atoms with Crippen LogP contribution in [0.15, 0.2) is 29.2 Å². The number of piperidine rings is 1. The van der Waals surface area contributed by atoms with E-state index in [1.54, 1.807) is 28.6 Å². The zero-order chi connectivity index (χ0) is 17.4. The summed E-state index contributed by atoms with van der Waals surface area (Å²) in [5.74, 6) is -0.0598. The molecule has 0 bridgehead atoms. The topological polar surface area (TPSA) is 78.5 Å². The molecule has 1 heterocycles. The van der Waals surface area contributed by atoms with Crippen molar-refractivity contribution in [2.45, 2.75) is 43.5 Å². The normalized spacial score (nSPS) is 16.0. The second kappa shape index (κ2) is 9.15. The second-order valence-corrected chi connectivity index (χ2v) is 7.96. The van der Waals surface area contributed by atoms with Gasteiger partial charge in [-0.05, 0) is 44.5 Å². The van der Waals surface area contributed by atoms with E-state index in [-0.39, 0.29) is 12.5 Å². The summed E-state index contributed by atoms with van der Waals surface area (Å²) >= 11 is 0. The molecule has 1 aromatic carbocycles. The Morgan fingerprint density at radius 3 is 2.58 bits per heavy atom. The van der Waals surface area contributed by atoms with Crippen LogP contribution in [-0.4, -0.2) is 45.3 Å². The van der Waals surface area contributed by atoms with Crippen LogP contribution in [0.3, 0.4) is 0 Å². The first-order valence-corrected chi connectivity index (χ1v) is 9.99. The molecule has 0 saturated carbocycles. The summed E-state index contributed by atoms with van der Waals surface area (Å²) in [5.41, 5.74) is 0.644. The van der Waals surface area contributed by atoms with E-state index in [1.807, 2.05) is 7.05 Å². The van der Waals surface area contributed by atoms with Gasteiger partial charge in [0.2, 0.25) is 15.9 Å². The predicted molar refractivity (Wildman–Crippen MR) is 94.1 cm³/mol. The van der Waals surface area contributed by atoms with Crippen molar-refractivity contribution in [3.63, 3.8) is 0 Å². The smallest absolute Gasteiger partial charge is 0.243 e. The Bertz CT molecular complexity index is 640. The third kappa shape index (κ3) is 5.03. The van der Waals surface area contributed by atoms with Gasteiger partial charge in [-0.3, -0.25) is 4.79 Å². The molecular formula is C17H27N3O3S. The molecule has 0 radical (unpaired) electrons. The molecule has 1 aromatic rings. The molecule has 6 nitrogen and oxygen atoms in total. The Morgan fingerprint density at radius 2 is 1.88 bits per heavy atom. The SMILES string of the molecule is CNCCCC(=O)NCc1ccccc1S(=O)(=O)N1CCCCC1. The van der Waals surface area contributed by atoms with E-state index < -0.39 is 10.0 Å². The highest BCUT2D eigenvalue weighted by atomic mass is 32.2. The van der Waals surface area contributed by atoms with Crippen molar-refractivity contribution in [1.29, 1.82) is 0 Å². The standard InChI is InChI=1S/C17H27N3O3S/c1-18-11-7-10-17(21)19-14-15-8-3-4-9-16(15)24(22,23)20-12-5-2-6-13-20/h3-4,8-9,18H,2,5-7,10-14H2,1H3,(H,19,21). The van der Waals surface area contributed by atoms with Crippen molar-refractivity contribution < 1.29 is 13.2 Å². The first kappa shape index (κ1) is 18.9. The first-order valence-electron chi connectivity index (χ1n) is 8.55. The summed E-state index contributed by atoms with van der Waals surface area (Å²) in [7, 11) is -1.64. The van der Waals surface area contributed by atoms with Crippen molar-refractivity contribution >= 4 is 15.9 Å². The number of nitrogens with one attached hydrogen (secondary N) is 2. The lowest BCUT2D eigenvalue weighted by Crippen LogP contribution is -2.36. The van der Waals surface area contributed by atoms with Crippen LogP contribution in [0.2, 0.25) is 0 Å². The predicted octanol–water partition coefficient (Wildman–Crippen LogP) is 1.48. The summed E-state index contributed by atoms with van der Waals surface area (Å²) in [6, 6.07) is 6.93. The Balaban J connectivity index is 2.05. The van der Waals surface area contributed by atoms with E-state index in [0.29, 0.717) is 30.0 Å². The molecule has 24 heavy (non-hydrogen) atoms. The van der Waals surface area contributed by atoms with Gasteiger partial charge in [0.05, 0.1) is 4.90 Å². The Hall–Kier alpha value is -1.44. The van der Waals surface area contributed by atoms with Crippen LogP contribution in [0.25, 0.3) is 0 Å². The summed E-state index contributed by atoms with van der Waals surface area (Å²) in [5, 5.41) is 5.82. The molecule has 1 saturated heterocycles. The molecule has 1 aliphatic heterocycles. The summed E-state index contributed by atoms with van der Waals surface area (Å²) in [6.07, 6.45) is 4.08. The van der Waals surface area contributed by atoms with E-state index in [0.717, 1.165) is 32.2 Å². The Kier molecular flexibility index (Phi) is 7.20. The van der Waals surface area contributed by atoms with Gasteiger partial charge < -0.3 is 10.6 Å². The van der Waals surface area contributed by atoms with Gasteiger partial charge in [0.1, 0.15) is 0 Å². The molecule has 0 spiro atoms. The van der Waals surface area contributed by atoms with Crippen molar-refractivity contribution in [2.24, 2.45) is 0 Å². The average Bonchev–Trinajstić information content (AvgIpc) is 2.61. The van der Waals surface area contributed by atoms with Crippen molar-refractivity contribution in [3.05, 3.63) is 29.8 Å². The maximum atomic E-state index is 12.9. The monoisotopic (exact) mass is 353 g/mol. The van der Waals surface area contributed by atoms with Crippen LogP contribution in [-0.2, 0) is 21.4 Å². The summed E-state index contributed by atoms with van der Waals surface area (Å²) in [4.78, 5) is 12.2. The zero-order valence-corrected chi connectivity index (χ0v) is 15.1. The van der Waals surface area contributed by atoms with Gasteiger partial charge in [-0.2, -0.15) is 4.31 Å².